The number of hydrogen-bond acceptors (Lipinski definition) is 3. The van der Waals surface area contributed by atoms with E-state index < -0.39 is 5.97 Å². The first-order valence-corrected chi connectivity index (χ1v) is 6.00. The van der Waals surface area contributed by atoms with Crippen LogP contribution in [0.5, 0.6) is 5.75 Å². The third-order valence-corrected chi connectivity index (χ3v) is 2.95. The first-order valence-electron chi connectivity index (χ1n) is 6.00. The minimum absolute atomic E-state index is 0.260. The molecule has 1 fully saturated rings. The van der Waals surface area contributed by atoms with Crippen molar-refractivity contribution >= 4 is 12.0 Å². The van der Waals surface area contributed by atoms with Crippen molar-refractivity contribution in [2.24, 2.45) is 0 Å². The Morgan fingerprint density at radius 1 is 1.44 bits per heavy atom. The second kappa shape index (κ2) is 5.69. The zero-order chi connectivity index (χ0) is 13.0. The zero-order valence-corrected chi connectivity index (χ0v) is 10.4. The highest BCUT2D eigenvalue weighted by molar-refractivity contribution is 5.85. The third kappa shape index (κ3) is 3.60. The van der Waals surface area contributed by atoms with Crippen LogP contribution in [0.4, 0.5) is 0 Å². The molecule has 1 aromatic rings. The SMILES string of the molecule is CN1CC[C@H](Oc2ccc(C=CC(=O)O)cc2)C1. The van der Waals surface area contributed by atoms with Gasteiger partial charge in [0, 0.05) is 19.2 Å². The molecule has 1 aliphatic heterocycles. The van der Waals surface area contributed by atoms with E-state index in [1.54, 1.807) is 6.08 Å². The maximum Gasteiger partial charge on any atom is 0.328 e. The normalized spacial score (nSPS) is 20.4. The van der Waals surface area contributed by atoms with Crippen LogP contribution < -0.4 is 4.74 Å². The fraction of sp³-hybridized carbons (Fsp3) is 0.357. The van der Waals surface area contributed by atoms with Crippen LogP contribution in [0.15, 0.2) is 30.3 Å². The van der Waals surface area contributed by atoms with Crippen LogP contribution in [-0.4, -0.2) is 42.2 Å². The Hall–Kier alpha value is -1.81. The number of carboxylic acids is 1. The predicted octanol–water partition coefficient (Wildman–Crippen LogP) is 1.87. The number of hydrogen-bond donors (Lipinski definition) is 1. The van der Waals surface area contributed by atoms with Gasteiger partial charge < -0.3 is 14.7 Å². The van der Waals surface area contributed by atoms with Gasteiger partial charge in [0.15, 0.2) is 0 Å². The van der Waals surface area contributed by atoms with Gasteiger partial charge in [0.1, 0.15) is 11.9 Å². The summed E-state index contributed by atoms with van der Waals surface area (Å²) in [4.78, 5) is 12.6. The predicted molar refractivity (Wildman–Crippen MR) is 69.6 cm³/mol. The highest BCUT2D eigenvalue weighted by Gasteiger charge is 2.20. The summed E-state index contributed by atoms with van der Waals surface area (Å²) in [7, 11) is 2.09. The summed E-state index contributed by atoms with van der Waals surface area (Å²) in [6.45, 7) is 2.03. The molecule has 2 rings (SSSR count). The lowest BCUT2D eigenvalue weighted by Crippen LogP contribution is -2.21. The minimum atomic E-state index is -0.940. The number of likely N-dealkylation sites (N-methyl/N-ethyl adjacent to an activating group) is 1. The van der Waals surface area contributed by atoms with Crippen molar-refractivity contribution in [2.45, 2.75) is 12.5 Å². The van der Waals surface area contributed by atoms with E-state index in [-0.39, 0.29) is 6.10 Å². The second-order valence-corrected chi connectivity index (χ2v) is 4.53. The average Bonchev–Trinajstić information content (AvgIpc) is 2.74. The van der Waals surface area contributed by atoms with Gasteiger partial charge in [-0.05, 0) is 37.2 Å². The van der Waals surface area contributed by atoms with Crippen molar-refractivity contribution in [1.29, 1.82) is 0 Å². The van der Waals surface area contributed by atoms with Gasteiger partial charge in [-0.25, -0.2) is 4.79 Å². The summed E-state index contributed by atoms with van der Waals surface area (Å²) in [5, 5.41) is 8.53. The molecule has 0 bridgehead atoms. The topological polar surface area (TPSA) is 49.8 Å². The Bertz CT molecular complexity index is 439. The fourth-order valence-corrected chi connectivity index (χ4v) is 2.01. The van der Waals surface area contributed by atoms with Gasteiger partial charge in [0.05, 0.1) is 0 Å². The second-order valence-electron chi connectivity index (χ2n) is 4.53. The Morgan fingerprint density at radius 2 is 2.17 bits per heavy atom. The molecular weight excluding hydrogens is 230 g/mol. The number of carbonyl (C=O) groups is 1. The molecule has 0 aromatic heterocycles. The molecule has 96 valence electrons. The molecule has 1 atom stereocenters. The lowest BCUT2D eigenvalue weighted by Gasteiger charge is -2.13. The van der Waals surface area contributed by atoms with Gasteiger partial charge in [0.2, 0.25) is 0 Å². The molecule has 1 N–H and O–H groups in total. The van der Waals surface area contributed by atoms with Crippen molar-refractivity contribution in [1.82, 2.24) is 4.90 Å². The highest BCUT2D eigenvalue weighted by atomic mass is 16.5. The Kier molecular flexibility index (Phi) is 3.99. The summed E-state index contributed by atoms with van der Waals surface area (Å²) in [6, 6.07) is 7.46. The summed E-state index contributed by atoms with van der Waals surface area (Å²) in [5.74, 6) is -0.105. The number of ether oxygens (including phenoxy) is 1. The molecule has 1 heterocycles. The molecular formula is C14H17NO3. The summed E-state index contributed by atoms with van der Waals surface area (Å²) >= 11 is 0. The van der Waals surface area contributed by atoms with Crippen molar-refractivity contribution in [3.8, 4) is 5.75 Å². The molecule has 4 heteroatoms. The minimum Gasteiger partial charge on any atom is -0.489 e. The zero-order valence-electron chi connectivity index (χ0n) is 10.4. The van der Waals surface area contributed by atoms with E-state index in [1.807, 2.05) is 24.3 Å². The van der Waals surface area contributed by atoms with Crippen molar-refractivity contribution in [2.75, 3.05) is 20.1 Å². The van der Waals surface area contributed by atoms with Gasteiger partial charge >= 0.3 is 5.97 Å². The number of benzene rings is 1. The molecule has 0 amide bonds. The van der Waals surface area contributed by atoms with E-state index in [0.29, 0.717) is 0 Å². The molecule has 0 aliphatic carbocycles. The number of aliphatic carboxylic acids is 1. The third-order valence-electron chi connectivity index (χ3n) is 2.95. The van der Waals surface area contributed by atoms with Crippen LogP contribution in [0.2, 0.25) is 0 Å². The van der Waals surface area contributed by atoms with Crippen molar-refractivity contribution in [3.63, 3.8) is 0 Å². The largest absolute Gasteiger partial charge is 0.489 e. The van der Waals surface area contributed by atoms with E-state index >= 15 is 0 Å². The van der Waals surface area contributed by atoms with Gasteiger partial charge in [-0.1, -0.05) is 12.1 Å². The lowest BCUT2D eigenvalue weighted by atomic mass is 10.2. The first kappa shape index (κ1) is 12.6. The number of rotatable bonds is 4. The highest BCUT2D eigenvalue weighted by Crippen LogP contribution is 2.18. The van der Waals surface area contributed by atoms with Crippen LogP contribution in [-0.2, 0) is 4.79 Å². The molecule has 18 heavy (non-hydrogen) atoms. The fourth-order valence-electron chi connectivity index (χ4n) is 2.01. The molecule has 1 saturated heterocycles. The van der Waals surface area contributed by atoms with Crippen LogP contribution in [0.25, 0.3) is 6.08 Å². The van der Waals surface area contributed by atoms with Gasteiger partial charge in [-0.2, -0.15) is 0 Å². The summed E-state index contributed by atoms with van der Waals surface area (Å²) < 4.78 is 5.84. The van der Waals surface area contributed by atoms with Gasteiger partial charge in [-0.15, -0.1) is 0 Å². The molecule has 0 spiro atoms. The molecule has 1 aliphatic rings. The van der Waals surface area contributed by atoms with Crippen LogP contribution in [0.3, 0.4) is 0 Å². The van der Waals surface area contributed by atoms with E-state index in [1.165, 1.54) is 0 Å². The standard InChI is InChI=1S/C14H17NO3/c1-15-9-8-13(10-15)18-12-5-2-11(3-6-12)4-7-14(16)17/h2-7,13H,8-10H2,1H3,(H,16,17)/t13-/m0/s1. The van der Waals surface area contributed by atoms with E-state index in [0.717, 1.165) is 36.9 Å². The van der Waals surface area contributed by atoms with Crippen molar-refractivity contribution < 1.29 is 14.6 Å². The van der Waals surface area contributed by atoms with E-state index in [9.17, 15) is 4.79 Å². The molecule has 4 nitrogen and oxygen atoms in total. The Balaban J connectivity index is 1.93. The Labute approximate surface area is 106 Å². The van der Waals surface area contributed by atoms with E-state index in [2.05, 4.69) is 11.9 Å². The van der Waals surface area contributed by atoms with Crippen LogP contribution in [0, 0.1) is 0 Å². The molecule has 1 aromatic carbocycles. The van der Waals surface area contributed by atoms with Gasteiger partial charge in [0.25, 0.3) is 0 Å². The maximum absolute atomic E-state index is 10.4. The molecule has 0 radical (unpaired) electrons. The summed E-state index contributed by atoms with van der Waals surface area (Å²) in [5.41, 5.74) is 0.855. The van der Waals surface area contributed by atoms with Crippen molar-refractivity contribution in [3.05, 3.63) is 35.9 Å². The quantitative estimate of drug-likeness (QED) is 0.825. The number of likely N-dealkylation sites (tertiary alicyclic amines) is 1. The lowest BCUT2D eigenvalue weighted by molar-refractivity contribution is -0.131. The number of nitrogens with zero attached hydrogens (tertiary/aromatic N) is 1. The number of carboxylic acid groups (broad SMARTS) is 1. The van der Waals surface area contributed by atoms with E-state index in [4.69, 9.17) is 9.84 Å². The molecule has 0 unspecified atom stereocenters. The van der Waals surface area contributed by atoms with Gasteiger partial charge in [-0.3, -0.25) is 0 Å². The summed E-state index contributed by atoms with van der Waals surface area (Å²) in [6.07, 6.45) is 4.00. The average molecular weight is 247 g/mol. The van der Waals surface area contributed by atoms with Crippen LogP contribution >= 0.6 is 0 Å². The maximum atomic E-state index is 10.4. The first-order chi connectivity index (χ1) is 8.63. The smallest absolute Gasteiger partial charge is 0.328 e. The Morgan fingerprint density at radius 3 is 2.72 bits per heavy atom. The van der Waals surface area contributed by atoms with Crippen LogP contribution in [0.1, 0.15) is 12.0 Å². The monoisotopic (exact) mass is 247 g/mol. The molecule has 0 saturated carbocycles.